The summed E-state index contributed by atoms with van der Waals surface area (Å²) in [6.07, 6.45) is 2.91. The molecule has 9 heteroatoms. The molecule has 0 amide bonds. The monoisotopic (exact) mass is 460 g/mol. The van der Waals surface area contributed by atoms with E-state index in [1.165, 1.54) is 12.5 Å². The SMILES string of the molecule is CCOc1cc(N(Cc2cnco2)c2ccc(C(=O)OC(C)(C)C)cc2)ccc1OC(F)F. The van der Waals surface area contributed by atoms with Crippen molar-refractivity contribution in [2.75, 3.05) is 11.5 Å². The first-order valence-electron chi connectivity index (χ1n) is 10.4. The predicted molar refractivity (Wildman–Crippen MR) is 118 cm³/mol. The number of ether oxygens (including phenoxy) is 3. The van der Waals surface area contributed by atoms with Gasteiger partial charge in [0, 0.05) is 17.4 Å². The average Bonchev–Trinajstić information content (AvgIpc) is 3.25. The molecule has 0 aliphatic carbocycles. The van der Waals surface area contributed by atoms with Crippen LogP contribution in [0.25, 0.3) is 0 Å². The molecule has 0 spiro atoms. The molecule has 0 N–H and O–H groups in total. The van der Waals surface area contributed by atoms with Gasteiger partial charge in [0.25, 0.3) is 0 Å². The molecular weight excluding hydrogens is 434 g/mol. The third-order valence-electron chi connectivity index (χ3n) is 4.37. The lowest BCUT2D eigenvalue weighted by atomic mass is 10.1. The minimum Gasteiger partial charge on any atom is -0.490 e. The maximum atomic E-state index is 12.8. The van der Waals surface area contributed by atoms with Crippen molar-refractivity contribution < 1.29 is 32.2 Å². The highest BCUT2D eigenvalue weighted by molar-refractivity contribution is 5.90. The normalized spacial score (nSPS) is 11.4. The van der Waals surface area contributed by atoms with Crippen LogP contribution < -0.4 is 14.4 Å². The zero-order chi connectivity index (χ0) is 24.0. The Kier molecular flexibility index (Phi) is 7.52. The van der Waals surface area contributed by atoms with Crippen LogP contribution in [0.2, 0.25) is 0 Å². The summed E-state index contributed by atoms with van der Waals surface area (Å²) in [5.41, 5.74) is 1.17. The lowest BCUT2D eigenvalue weighted by molar-refractivity contribution is -0.0514. The number of carbonyl (C=O) groups is 1. The Morgan fingerprint density at radius 3 is 2.36 bits per heavy atom. The summed E-state index contributed by atoms with van der Waals surface area (Å²) in [6.45, 7) is 4.75. The van der Waals surface area contributed by atoms with Gasteiger partial charge < -0.3 is 23.5 Å². The fraction of sp³-hybridized carbons (Fsp3) is 0.333. The van der Waals surface area contributed by atoms with E-state index in [4.69, 9.17) is 13.9 Å². The Hall–Kier alpha value is -3.62. The van der Waals surface area contributed by atoms with Crippen molar-refractivity contribution in [3.05, 3.63) is 66.4 Å². The Morgan fingerprint density at radius 2 is 1.79 bits per heavy atom. The highest BCUT2D eigenvalue weighted by atomic mass is 19.3. The van der Waals surface area contributed by atoms with Crippen molar-refractivity contribution >= 4 is 17.3 Å². The lowest BCUT2D eigenvalue weighted by Crippen LogP contribution is -2.24. The van der Waals surface area contributed by atoms with Crippen molar-refractivity contribution in [3.63, 3.8) is 0 Å². The molecule has 176 valence electrons. The molecule has 0 saturated heterocycles. The number of hydrogen-bond donors (Lipinski definition) is 0. The first-order valence-corrected chi connectivity index (χ1v) is 10.4. The molecule has 3 aromatic rings. The fourth-order valence-electron chi connectivity index (χ4n) is 3.05. The fourth-order valence-corrected chi connectivity index (χ4v) is 3.05. The van der Waals surface area contributed by atoms with Crippen molar-refractivity contribution in [2.24, 2.45) is 0 Å². The van der Waals surface area contributed by atoms with Gasteiger partial charge in [-0.05, 0) is 64.1 Å². The van der Waals surface area contributed by atoms with Gasteiger partial charge in [-0.1, -0.05) is 0 Å². The summed E-state index contributed by atoms with van der Waals surface area (Å²) in [5, 5.41) is 0. The number of nitrogens with zero attached hydrogens (tertiary/aromatic N) is 2. The Balaban J connectivity index is 1.95. The Labute approximate surface area is 190 Å². The first-order chi connectivity index (χ1) is 15.7. The summed E-state index contributed by atoms with van der Waals surface area (Å²) in [5.74, 6) is 0.277. The van der Waals surface area contributed by atoms with Crippen LogP contribution in [0.3, 0.4) is 0 Å². The summed E-state index contributed by atoms with van der Waals surface area (Å²) >= 11 is 0. The van der Waals surface area contributed by atoms with E-state index in [9.17, 15) is 13.6 Å². The lowest BCUT2D eigenvalue weighted by Gasteiger charge is -2.25. The van der Waals surface area contributed by atoms with E-state index in [0.29, 0.717) is 23.6 Å². The number of rotatable bonds is 9. The molecule has 1 heterocycles. The van der Waals surface area contributed by atoms with Crippen molar-refractivity contribution in [3.8, 4) is 11.5 Å². The second kappa shape index (κ2) is 10.3. The van der Waals surface area contributed by atoms with Gasteiger partial charge in [0.2, 0.25) is 0 Å². The van der Waals surface area contributed by atoms with Gasteiger partial charge >= 0.3 is 12.6 Å². The van der Waals surface area contributed by atoms with Gasteiger partial charge in [0.05, 0.1) is 24.9 Å². The van der Waals surface area contributed by atoms with Crippen LogP contribution in [0.15, 0.2) is 59.5 Å². The van der Waals surface area contributed by atoms with Crippen LogP contribution in [-0.4, -0.2) is 29.8 Å². The number of aromatic nitrogens is 1. The third-order valence-corrected chi connectivity index (χ3v) is 4.37. The number of oxazole rings is 1. The van der Waals surface area contributed by atoms with Gasteiger partial charge in [0.1, 0.15) is 11.4 Å². The van der Waals surface area contributed by atoms with Gasteiger partial charge in [-0.2, -0.15) is 8.78 Å². The van der Waals surface area contributed by atoms with Gasteiger partial charge in [0.15, 0.2) is 17.9 Å². The molecule has 3 rings (SSSR count). The number of benzene rings is 2. The average molecular weight is 460 g/mol. The molecule has 0 saturated carbocycles. The van der Waals surface area contributed by atoms with E-state index in [-0.39, 0.29) is 18.1 Å². The molecule has 0 unspecified atom stereocenters. The molecule has 7 nitrogen and oxygen atoms in total. The Morgan fingerprint density at radius 1 is 1.09 bits per heavy atom. The predicted octanol–water partition coefficient (Wildman–Crippen LogP) is 5.97. The minimum absolute atomic E-state index is 0.0597. The molecular formula is C24H26F2N2O5. The standard InChI is InChI=1S/C24H26F2N2O5/c1-5-30-21-12-18(10-11-20(21)32-23(25)26)28(14-19-13-27-15-31-19)17-8-6-16(7-9-17)22(29)33-24(2,3)4/h6-13,15,23H,5,14H2,1-4H3. The van der Waals surface area contributed by atoms with Gasteiger partial charge in [-0.3, -0.25) is 0 Å². The van der Waals surface area contributed by atoms with Gasteiger partial charge in [-0.15, -0.1) is 0 Å². The van der Waals surface area contributed by atoms with Crippen LogP contribution in [0.5, 0.6) is 11.5 Å². The van der Waals surface area contributed by atoms with Crippen LogP contribution in [0.4, 0.5) is 20.2 Å². The molecule has 0 fully saturated rings. The summed E-state index contributed by atoms with van der Waals surface area (Å²) in [7, 11) is 0. The first kappa shape index (κ1) is 24.0. The van der Waals surface area contributed by atoms with E-state index >= 15 is 0 Å². The van der Waals surface area contributed by atoms with Crippen molar-refractivity contribution in [1.82, 2.24) is 4.98 Å². The quantitative estimate of drug-likeness (QED) is 0.364. The van der Waals surface area contributed by atoms with Crippen LogP contribution >= 0.6 is 0 Å². The number of hydrogen-bond acceptors (Lipinski definition) is 7. The molecule has 0 aliphatic rings. The molecule has 2 aromatic carbocycles. The molecule has 0 aliphatic heterocycles. The second-order valence-corrected chi connectivity index (χ2v) is 8.05. The minimum atomic E-state index is -2.97. The molecule has 0 radical (unpaired) electrons. The van der Waals surface area contributed by atoms with Crippen LogP contribution in [0, 0.1) is 0 Å². The number of alkyl halides is 2. The maximum Gasteiger partial charge on any atom is 0.387 e. The van der Waals surface area contributed by atoms with Crippen molar-refractivity contribution in [2.45, 2.75) is 46.5 Å². The zero-order valence-electron chi connectivity index (χ0n) is 18.9. The smallest absolute Gasteiger partial charge is 0.387 e. The van der Waals surface area contributed by atoms with E-state index in [0.717, 1.165) is 5.69 Å². The van der Waals surface area contributed by atoms with E-state index < -0.39 is 18.2 Å². The second-order valence-electron chi connectivity index (χ2n) is 8.05. The number of esters is 1. The topological polar surface area (TPSA) is 74.0 Å². The third kappa shape index (κ3) is 6.68. The van der Waals surface area contributed by atoms with Gasteiger partial charge in [-0.25, -0.2) is 9.78 Å². The zero-order valence-corrected chi connectivity index (χ0v) is 18.9. The summed E-state index contributed by atoms with van der Waals surface area (Å²) in [6, 6.07) is 11.5. The summed E-state index contributed by atoms with van der Waals surface area (Å²) in [4.78, 5) is 18.2. The maximum absolute atomic E-state index is 12.8. The molecule has 1 aromatic heterocycles. The Bertz CT molecular complexity index is 1050. The van der Waals surface area contributed by atoms with Crippen molar-refractivity contribution in [1.29, 1.82) is 0 Å². The molecule has 0 bridgehead atoms. The van der Waals surface area contributed by atoms with E-state index in [1.807, 2.05) is 4.90 Å². The molecule has 33 heavy (non-hydrogen) atoms. The summed E-state index contributed by atoms with van der Waals surface area (Å²) < 4.78 is 46.4. The highest BCUT2D eigenvalue weighted by Crippen LogP contribution is 2.36. The number of carbonyl (C=O) groups excluding carboxylic acids is 1. The van der Waals surface area contributed by atoms with E-state index in [2.05, 4.69) is 9.72 Å². The largest absolute Gasteiger partial charge is 0.490 e. The van der Waals surface area contributed by atoms with Crippen LogP contribution in [0.1, 0.15) is 43.8 Å². The highest BCUT2D eigenvalue weighted by Gasteiger charge is 2.20. The van der Waals surface area contributed by atoms with E-state index in [1.54, 1.807) is 70.3 Å². The number of halogens is 2. The molecule has 0 atom stereocenters. The van der Waals surface area contributed by atoms with Crippen LogP contribution in [-0.2, 0) is 11.3 Å². The number of anilines is 2.